The zero-order valence-corrected chi connectivity index (χ0v) is 9.12. The normalized spacial score (nSPS) is 11.4. The van der Waals surface area contributed by atoms with Gasteiger partial charge < -0.3 is 9.47 Å². The van der Waals surface area contributed by atoms with E-state index in [4.69, 9.17) is 9.47 Å². The van der Waals surface area contributed by atoms with Gasteiger partial charge in [0.25, 0.3) is 0 Å². The quantitative estimate of drug-likeness (QED) is 0.189. The summed E-state index contributed by atoms with van der Waals surface area (Å²) in [6.07, 6.45) is 6.64. The first-order chi connectivity index (χ1) is 6.85. The Hall–Kier alpha value is -0.830. The molecular weight excluding hydrogens is 180 g/mol. The van der Waals surface area contributed by atoms with E-state index in [1.165, 1.54) is 12.8 Å². The number of hydrogen-bond donors (Lipinski definition) is 0. The maximum atomic E-state index is 10.4. The summed E-state index contributed by atoms with van der Waals surface area (Å²) in [6, 6.07) is 0. The number of carbonyl (C=O) groups is 1. The van der Waals surface area contributed by atoms with E-state index in [0.717, 1.165) is 12.8 Å². The van der Waals surface area contributed by atoms with Crippen molar-refractivity contribution in [1.29, 1.82) is 0 Å². The molecule has 0 spiro atoms. The summed E-state index contributed by atoms with van der Waals surface area (Å²) in [5, 5.41) is 0. The zero-order valence-electron chi connectivity index (χ0n) is 9.12. The highest BCUT2D eigenvalue weighted by molar-refractivity contribution is 5.69. The third-order valence-corrected chi connectivity index (χ3v) is 1.72. The van der Waals surface area contributed by atoms with Crippen LogP contribution in [0.4, 0.5) is 0 Å². The molecule has 0 bridgehead atoms. The molecule has 0 aliphatic carbocycles. The first kappa shape index (κ1) is 13.2. The molecule has 0 aromatic rings. The fourth-order valence-corrected chi connectivity index (χ4v) is 0.965. The van der Waals surface area contributed by atoms with Crippen molar-refractivity contribution in [3.63, 3.8) is 0 Å². The number of unbranched alkanes of at least 4 members (excludes halogenated alkanes) is 2. The standard InChI is InChI=1S/C11H20O3/c1-3-5-6-8-13-10-14-11(9-12)7-4-2/h7,9H,3-6,8,10H2,1-2H3/b11-7+. The van der Waals surface area contributed by atoms with E-state index in [9.17, 15) is 4.79 Å². The van der Waals surface area contributed by atoms with Gasteiger partial charge in [-0.2, -0.15) is 0 Å². The second kappa shape index (κ2) is 10.3. The summed E-state index contributed by atoms with van der Waals surface area (Å²) in [5.41, 5.74) is 0. The lowest BCUT2D eigenvalue weighted by molar-refractivity contribution is -0.111. The van der Waals surface area contributed by atoms with Crippen LogP contribution in [-0.2, 0) is 14.3 Å². The van der Waals surface area contributed by atoms with Gasteiger partial charge in [0.2, 0.25) is 0 Å². The van der Waals surface area contributed by atoms with Crippen LogP contribution in [0.3, 0.4) is 0 Å². The summed E-state index contributed by atoms with van der Waals surface area (Å²) in [7, 11) is 0. The van der Waals surface area contributed by atoms with Crippen molar-refractivity contribution >= 4 is 6.29 Å². The van der Waals surface area contributed by atoms with Crippen LogP contribution in [0.15, 0.2) is 11.8 Å². The van der Waals surface area contributed by atoms with Crippen LogP contribution < -0.4 is 0 Å². The Bertz CT molecular complexity index is 164. The van der Waals surface area contributed by atoms with Gasteiger partial charge in [0, 0.05) is 0 Å². The molecule has 0 aromatic heterocycles. The molecule has 0 aliphatic rings. The lowest BCUT2D eigenvalue weighted by Crippen LogP contribution is -2.02. The fourth-order valence-electron chi connectivity index (χ4n) is 0.965. The minimum Gasteiger partial charge on any atom is -0.464 e. The summed E-state index contributed by atoms with van der Waals surface area (Å²) >= 11 is 0. The molecule has 0 amide bonds. The molecule has 0 unspecified atom stereocenters. The lowest BCUT2D eigenvalue weighted by Gasteiger charge is -2.05. The summed E-state index contributed by atoms with van der Waals surface area (Å²) in [4.78, 5) is 10.4. The highest BCUT2D eigenvalue weighted by atomic mass is 16.7. The molecule has 0 heterocycles. The number of carbonyl (C=O) groups excluding carboxylic acids is 1. The van der Waals surface area contributed by atoms with E-state index in [2.05, 4.69) is 6.92 Å². The molecule has 0 rings (SSSR count). The molecule has 14 heavy (non-hydrogen) atoms. The van der Waals surface area contributed by atoms with Crippen LogP contribution in [0.2, 0.25) is 0 Å². The maximum Gasteiger partial charge on any atom is 0.189 e. The van der Waals surface area contributed by atoms with Gasteiger partial charge in [-0.25, -0.2) is 0 Å². The molecular formula is C11H20O3. The van der Waals surface area contributed by atoms with Crippen LogP contribution in [0.5, 0.6) is 0 Å². The fraction of sp³-hybridized carbons (Fsp3) is 0.727. The average Bonchev–Trinajstić information content (AvgIpc) is 2.21. The molecule has 0 saturated heterocycles. The van der Waals surface area contributed by atoms with Crippen molar-refractivity contribution in [2.24, 2.45) is 0 Å². The summed E-state index contributed by atoms with van der Waals surface area (Å²) in [6.45, 7) is 4.97. The number of ether oxygens (including phenoxy) is 2. The van der Waals surface area contributed by atoms with Crippen LogP contribution in [0.1, 0.15) is 39.5 Å². The van der Waals surface area contributed by atoms with Gasteiger partial charge in [0.15, 0.2) is 18.8 Å². The molecule has 82 valence electrons. The molecule has 3 nitrogen and oxygen atoms in total. The molecule has 0 radical (unpaired) electrons. The number of hydrogen-bond acceptors (Lipinski definition) is 3. The first-order valence-electron chi connectivity index (χ1n) is 5.21. The maximum absolute atomic E-state index is 10.4. The van der Waals surface area contributed by atoms with E-state index < -0.39 is 0 Å². The van der Waals surface area contributed by atoms with Gasteiger partial charge in [-0.05, 0) is 18.9 Å². The van der Waals surface area contributed by atoms with E-state index in [1.54, 1.807) is 6.08 Å². The van der Waals surface area contributed by atoms with Gasteiger partial charge in [-0.1, -0.05) is 26.7 Å². The zero-order chi connectivity index (χ0) is 10.6. The molecule has 0 N–H and O–H groups in total. The SMILES string of the molecule is CC/C=C(\C=O)OCOCCCCC. The van der Waals surface area contributed by atoms with Crippen molar-refractivity contribution < 1.29 is 14.3 Å². The van der Waals surface area contributed by atoms with Gasteiger partial charge in [-0.15, -0.1) is 0 Å². The number of allylic oxidation sites excluding steroid dienone is 2. The molecule has 0 aliphatic heterocycles. The lowest BCUT2D eigenvalue weighted by atomic mass is 10.3. The van der Waals surface area contributed by atoms with Crippen molar-refractivity contribution in [2.45, 2.75) is 39.5 Å². The van der Waals surface area contributed by atoms with Crippen molar-refractivity contribution in [1.82, 2.24) is 0 Å². The minimum absolute atomic E-state index is 0.175. The highest BCUT2D eigenvalue weighted by Crippen LogP contribution is 1.98. The first-order valence-corrected chi connectivity index (χ1v) is 5.21. The Kier molecular flexibility index (Phi) is 9.64. The molecule has 0 atom stereocenters. The Morgan fingerprint density at radius 1 is 1.29 bits per heavy atom. The largest absolute Gasteiger partial charge is 0.464 e. The van der Waals surface area contributed by atoms with Crippen molar-refractivity contribution in [3.8, 4) is 0 Å². The van der Waals surface area contributed by atoms with Crippen LogP contribution in [-0.4, -0.2) is 19.7 Å². The topological polar surface area (TPSA) is 35.5 Å². The van der Waals surface area contributed by atoms with Crippen LogP contribution in [0, 0.1) is 0 Å². The third kappa shape index (κ3) is 7.80. The minimum atomic E-state index is 0.175. The predicted octanol–water partition coefficient (Wildman–Crippen LogP) is 2.66. The van der Waals surface area contributed by atoms with Gasteiger partial charge in [0.1, 0.15) is 0 Å². The van der Waals surface area contributed by atoms with Crippen LogP contribution in [0.25, 0.3) is 0 Å². The van der Waals surface area contributed by atoms with E-state index in [1.807, 2.05) is 6.92 Å². The smallest absolute Gasteiger partial charge is 0.189 e. The van der Waals surface area contributed by atoms with Crippen molar-refractivity contribution in [3.05, 3.63) is 11.8 Å². The average molecular weight is 200 g/mol. The Labute approximate surface area is 86.1 Å². The van der Waals surface area contributed by atoms with E-state index >= 15 is 0 Å². The van der Waals surface area contributed by atoms with Crippen molar-refractivity contribution in [2.75, 3.05) is 13.4 Å². The molecule has 0 fully saturated rings. The second-order valence-corrected chi connectivity index (χ2v) is 3.01. The summed E-state index contributed by atoms with van der Waals surface area (Å²) in [5.74, 6) is 0.364. The predicted molar refractivity (Wildman–Crippen MR) is 55.9 cm³/mol. The van der Waals surface area contributed by atoms with Gasteiger partial charge in [0.05, 0.1) is 6.61 Å². The Balaban J connectivity index is 3.33. The van der Waals surface area contributed by atoms with Gasteiger partial charge >= 0.3 is 0 Å². The highest BCUT2D eigenvalue weighted by Gasteiger charge is 1.94. The monoisotopic (exact) mass is 200 g/mol. The summed E-state index contributed by atoms with van der Waals surface area (Å²) < 4.78 is 10.3. The van der Waals surface area contributed by atoms with Crippen LogP contribution >= 0.6 is 0 Å². The number of aldehydes is 1. The van der Waals surface area contributed by atoms with Gasteiger partial charge in [-0.3, -0.25) is 4.79 Å². The second-order valence-electron chi connectivity index (χ2n) is 3.01. The number of rotatable bonds is 9. The van der Waals surface area contributed by atoms with E-state index in [-0.39, 0.29) is 6.79 Å². The van der Waals surface area contributed by atoms with E-state index in [0.29, 0.717) is 18.7 Å². The molecule has 0 aromatic carbocycles. The Morgan fingerprint density at radius 2 is 2.07 bits per heavy atom. The Morgan fingerprint density at radius 3 is 2.64 bits per heavy atom. The molecule has 0 saturated carbocycles. The molecule has 3 heteroatoms. The third-order valence-electron chi connectivity index (χ3n) is 1.72.